The lowest BCUT2D eigenvalue weighted by Gasteiger charge is -2.46. The number of nitrogens with two attached hydrogens (primary N) is 4. The summed E-state index contributed by atoms with van der Waals surface area (Å²) in [5.74, 6) is 0.0405. The summed E-state index contributed by atoms with van der Waals surface area (Å²) >= 11 is 0. The Morgan fingerprint density at radius 1 is 1.31 bits per heavy atom. The highest BCUT2D eigenvalue weighted by molar-refractivity contribution is 4.99. The van der Waals surface area contributed by atoms with Crippen molar-refractivity contribution in [3.63, 3.8) is 0 Å². The van der Waals surface area contributed by atoms with Crippen LogP contribution in [0.5, 0.6) is 0 Å². The smallest absolute Gasteiger partial charge is 0.0696 e. The molecule has 1 rings (SSSR count). The third-order valence-electron chi connectivity index (χ3n) is 3.26. The average molecular weight is 186 g/mol. The van der Waals surface area contributed by atoms with Crippen molar-refractivity contribution in [3.8, 4) is 0 Å². The summed E-state index contributed by atoms with van der Waals surface area (Å²) in [5, 5.41) is 0. The van der Waals surface area contributed by atoms with E-state index in [9.17, 15) is 0 Å². The molecule has 1 fully saturated rings. The van der Waals surface area contributed by atoms with Gasteiger partial charge in [0, 0.05) is 5.92 Å². The van der Waals surface area contributed by atoms with Gasteiger partial charge in [0.1, 0.15) is 0 Å². The van der Waals surface area contributed by atoms with Crippen molar-refractivity contribution in [1.29, 1.82) is 0 Å². The first kappa shape index (κ1) is 10.9. The molecule has 4 heteroatoms. The largest absolute Gasteiger partial charge is 0.313 e. The Hall–Kier alpha value is -0.160. The van der Waals surface area contributed by atoms with Crippen molar-refractivity contribution in [2.24, 2.45) is 28.9 Å². The van der Waals surface area contributed by atoms with Crippen LogP contribution < -0.4 is 22.9 Å². The second-order valence-electron chi connectivity index (χ2n) is 4.38. The zero-order valence-corrected chi connectivity index (χ0v) is 8.42. The molecule has 0 aromatic rings. The first-order chi connectivity index (χ1) is 5.90. The van der Waals surface area contributed by atoms with Crippen LogP contribution in [-0.2, 0) is 0 Å². The molecule has 1 unspecified atom stereocenters. The van der Waals surface area contributed by atoms with Gasteiger partial charge in [0.2, 0.25) is 0 Å². The SMILES string of the molecule is CCC(N)(N)C1CCCCC1(N)N. The highest BCUT2D eigenvalue weighted by atomic mass is 15.1. The molecule has 0 amide bonds. The van der Waals surface area contributed by atoms with Crippen molar-refractivity contribution in [2.75, 3.05) is 0 Å². The normalized spacial score (nSPS) is 28.8. The molecular formula is C9H22N4. The molecule has 13 heavy (non-hydrogen) atoms. The summed E-state index contributed by atoms with van der Waals surface area (Å²) in [7, 11) is 0. The van der Waals surface area contributed by atoms with E-state index in [-0.39, 0.29) is 5.92 Å². The maximum absolute atomic E-state index is 6.00. The minimum Gasteiger partial charge on any atom is -0.313 e. The van der Waals surface area contributed by atoms with Gasteiger partial charge in [-0.3, -0.25) is 0 Å². The van der Waals surface area contributed by atoms with Gasteiger partial charge in [-0.2, -0.15) is 0 Å². The van der Waals surface area contributed by atoms with Crippen molar-refractivity contribution in [3.05, 3.63) is 0 Å². The quantitative estimate of drug-likeness (QED) is 0.449. The first-order valence-corrected chi connectivity index (χ1v) is 5.05. The van der Waals surface area contributed by atoms with Gasteiger partial charge >= 0.3 is 0 Å². The summed E-state index contributed by atoms with van der Waals surface area (Å²) in [4.78, 5) is 0. The lowest BCUT2D eigenvalue weighted by Crippen LogP contribution is -2.70. The second-order valence-corrected chi connectivity index (χ2v) is 4.38. The number of hydrogen-bond donors (Lipinski definition) is 4. The van der Waals surface area contributed by atoms with Crippen molar-refractivity contribution >= 4 is 0 Å². The topological polar surface area (TPSA) is 104 Å². The molecule has 1 saturated carbocycles. The lowest BCUT2D eigenvalue weighted by molar-refractivity contribution is 0.105. The van der Waals surface area contributed by atoms with Gasteiger partial charge in [0.05, 0.1) is 11.3 Å². The maximum atomic E-state index is 6.00. The summed E-state index contributed by atoms with van der Waals surface area (Å²) in [6.45, 7) is 1.98. The Morgan fingerprint density at radius 2 is 1.92 bits per heavy atom. The number of hydrogen-bond acceptors (Lipinski definition) is 4. The van der Waals surface area contributed by atoms with E-state index in [0.29, 0.717) is 6.42 Å². The molecule has 0 heterocycles. The third kappa shape index (κ3) is 2.20. The predicted molar refractivity (Wildman–Crippen MR) is 54.5 cm³/mol. The van der Waals surface area contributed by atoms with E-state index < -0.39 is 11.3 Å². The summed E-state index contributed by atoms with van der Waals surface area (Å²) in [6.07, 6.45) is 4.72. The molecule has 0 radical (unpaired) electrons. The monoisotopic (exact) mass is 186 g/mol. The molecule has 4 nitrogen and oxygen atoms in total. The fraction of sp³-hybridized carbons (Fsp3) is 1.00. The average Bonchev–Trinajstić information content (AvgIpc) is 2.03. The van der Waals surface area contributed by atoms with Crippen LogP contribution in [0, 0.1) is 5.92 Å². The van der Waals surface area contributed by atoms with Gasteiger partial charge in [-0.25, -0.2) is 0 Å². The number of rotatable bonds is 2. The molecule has 0 bridgehead atoms. The summed E-state index contributed by atoms with van der Waals surface area (Å²) in [5.41, 5.74) is 22.6. The highest BCUT2D eigenvalue weighted by Crippen LogP contribution is 2.33. The molecule has 78 valence electrons. The summed E-state index contributed by atoms with van der Waals surface area (Å²) < 4.78 is 0. The van der Waals surface area contributed by atoms with Crippen molar-refractivity contribution < 1.29 is 0 Å². The van der Waals surface area contributed by atoms with Gasteiger partial charge < -0.3 is 22.9 Å². The van der Waals surface area contributed by atoms with Crippen LogP contribution in [-0.4, -0.2) is 11.3 Å². The Bertz CT molecular complexity index is 168. The highest BCUT2D eigenvalue weighted by Gasteiger charge is 2.43. The van der Waals surface area contributed by atoms with Crippen LogP contribution in [0.3, 0.4) is 0 Å². The van der Waals surface area contributed by atoms with Crippen LogP contribution in [0.1, 0.15) is 39.0 Å². The third-order valence-corrected chi connectivity index (χ3v) is 3.26. The van der Waals surface area contributed by atoms with E-state index >= 15 is 0 Å². The molecule has 0 aromatic carbocycles. The molecule has 0 saturated heterocycles. The van der Waals surface area contributed by atoms with Gasteiger partial charge in [0.15, 0.2) is 0 Å². The lowest BCUT2D eigenvalue weighted by atomic mass is 9.72. The molecule has 8 N–H and O–H groups in total. The van der Waals surface area contributed by atoms with E-state index in [1.165, 1.54) is 0 Å². The van der Waals surface area contributed by atoms with Gasteiger partial charge in [-0.05, 0) is 19.3 Å². The van der Waals surface area contributed by atoms with Crippen LogP contribution in [0.2, 0.25) is 0 Å². The minimum absolute atomic E-state index is 0.0405. The molecule has 1 aliphatic rings. The van der Waals surface area contributed by atoms with Crippen LogP contribution in [0.25, 0.3) is 0 Å². The van der Waals surface area contributed by atoms with Crippen molar-refractivity contribution in [2.45, 2.75) is 50.4 Å². The first-order valence-electron chi connectivity index (χ1n) is 5.05. The van der Waals surface area contributed by atoms with E-state index in [0.717, 1.165) is 25.7 Å². The Kier molecular flexibility index (Phi) is 2.97. The van der Waals surface area contributed by atoms with Gasteiger partial charge in [0.25, 0.3) is 0 Å². The molecule has 1 aliphatic carbocycles. The van der Waals surface area contributed by atoms with Crippen LogP contribution in [0.4, 0.5) is 0 Å². The maximum Gasteiger partial charge on any atom is 0.0696 e. The Labute approximate surface area is 80.0 Å². The Balaban J connectivity index is 2.76. The zero-order valence-electron chi connectivity index (χ0n) is 8.42. The van der Waals surface area contributed by atoms with Gasteiger partial charge in [-0.15, -0.1) is 0 Å². The van der Waals surface area contributed by atoms with E-state index in [1.807, 2.05) is 6.92 Å². The molecule has 1 atom stereocenters. The fourth-order valence-corrected chi connectivity index (χ4v) is 2.24. The molecule has 0 aliphatic heterocycles. The fourth-order valence-electron chi connectivity index (χ4n) is 2.24. The van der Waals surface area contributed by atoms with Crippen molar-refractivity contribution in [1.82, 2.24) is 0 Å². The van der Waals surface area contributed by atoms with E-state index in [4.69, 9.17) is 22.9 Å². The Morgan fingerprint density at radius 3 is 2.38 bits per heavy atom. The van der Waals surface area contributed by atoms with Gasteiger partial charge in [-0.1, -0.05) is 19.8 Å². The molecule has 0 spiro atoms. The zero-order chi connectivity index (χ0) is 10.1. The van der Waals surface area contributed by atoms with Crippen LogP contribution in [0.15, 0.2) is 0 Å². The second kappa shape index (κ2) is 3.53. The van der Waals surface area contributed by atoms with E-state index in [1.54, 1.807) is 0 Å². The van der Waals surface area contributed by atoms with Crippen LogP contribution >= 0.6 is 0 Å². The molecule has 0 aromatic heterocycles. The van der Waals surface area contributed by atoms with E-state index in [2.05, 4.69) is 0 Å². The summed E-state index contributed by atoms with van der Waals surface area (Å²) in [6, 6.07) is 0. The minimum atomic E-state index is -0.704. The predicted octanol–water partition coefficient (Wildman–Crippen LogP) is -0.186. The standard InChI is InChI=1S/C9H22N4/c1-2-8(10,11)7-5-3-4-6-9(7,12)13/h7H,2-6,10-13H2,1H3. The molecular weight excluding hydrogens is 164 g/mol.